The maximum absolute atomic E-state index is 11.0. The van der Waals surface area contributed by atoms with Gasteiger partial charge in [0.15, 0.2) is 0 Å². The summed E-state index contributed by atoms with van der Waals surface area (Å²) < 4.78 is 11.2. The summed E-state index contributed by atoms with van der Waals surface area (Å²) in [6.45, 7) is 8.07. The molecule has 5 nitrogen and oxygen atoms in total. The van der Waals surface area contributed by atoms with E-state index in [1.54, 1.807) is 12.1 Å². The van der Waals surface area contributed by atoms with Gasteiger partial charge in [-0.15, -0.1) is 0 Å². The molecule has 1 amide bonds. The van der Waals surface area contributed by atoms with Crippen LogP contribution in [0, 0.1) is 0 Å². The Morgan fingerprint density at radius 2 is 1.25 bits per heavy atom. The van der Waals surface area contributed by atoms with Crippen LogP contribution in [0.5, 0.6) is 11.5 Å². The number of carbonyl (C=O) groups is 1. The minimum absolute atomic E-state index is 0.0958. The van der Waals surface area contributed by atoms with Crippen molar-refractivity contribution in [3.05, 3.63) is 60.8 Å². The molecule has 126 valence electrons. The van der Waals surface area contributed by atoms with Crippen LogP contribution in [0.3, 0.4) is 0 Å². The van der Waals surface area contributed by atoms with Gasteiger partial charge in [-0.2, -0.15) is 0 Å². The second-order valence-corrected chi connectivity index (χ2v) is 5.33. The summed E-state index contributed by atoms with van der Waals surface area (Å²) in [6, 6.07) is 14.9. The first-order valence-corrected chi connectivity index (χ1v) is 7.69. The van der Waals surface area contributed by atoms with E-state index in [9.17, 15) is 4.79 Å². The smallest absolute Gasteiger partial charge is 0.221 e. The Kier molecular flexibility index (Phi) is 6.25. The molecule has 0 atom stereocenters. The van der Waals surface area contributed by atoms with Crippen molar-refractivity contribution in [2.75, 3.05) is 23.8 Å². The first-order valence-electron chi connectivity index (χ1n) is 7.69. The van der Waals surface area contributed by atoms with Gasteiger partial charge in [0.25, 0.3) is 0 Å². The van der Waals surface area contributed by atoms with E-state index in [-0.39, 0.29) is 5.91 Å². The van der Waals surface area contributed by atoms with Crippen molar-refractivity contribution in [1.29, 1.82) is 0 Å². The maximum Gasteiger partial charge on any atom is 0.221 e. The summed E-state index contributed by atoms with van der Waals surface area (Å²) in [6.07, 6.45) is 0. The highest BCUT2D eigenvalue weighted by molar-refractivity contribution is 5.88. The van der Waals surface area contributed by atoms with E-state index in [1.165, 1.54) is 6.92 Å². The molecule has 0 spiro atoms. The molecule has 0 aliphatic carbocycles. The highest BCUT2D eigenvalue weighted by atomic mass is 16.5. The van der Waals surface area contributed by atoms with Gasteiger partial charge in [-0.05, 0) is 55.5 Å². The number of benzene rings is 2. The van der Waals surface area contributed by atoms with Crippen LogP contribution in [0.15, 0.2) is 60.8 Å². The summed E-state index contributed by atoms with van der Waals surface area (Å²) in [5, 5.41) is 5.84. The third kappa shape index (κ3) is 6.04. The van der Waals surface area contributed by atoms with Gasteiger partial charge in [0.2, 0.25) is 5.91 Å². The molecule has 5 heteroatoms. The number of allylic oxidation sites excluding steroid dienone is 1. The molecule has 0 heterocycles. The molecule has 0 aromatic heterocycles. The number of rotatable bonds is 8. The second-order valence-electron chi connectivity index (χ2n) is 5.33. The Bertz CT molecular complexity index is 617. The fourth-order valence-corrected chi connectivity index (χ4v) is 2.04. The average molecular weight is 326 g/mol. The fraction of sp³-hybridized carbons (Fsp3) is 0.211. The van der Waals surface area contributed by atoms with E-state index in [1.807, 2.05) is 43.3 Å². The van der Waals surface area contributed by atoms with E-state index < -0.39 is 0 Å². The number of hydrogen-bond donors (Lipinski definition) is 2. The molecule has 0 saturated carbocycles. The Hall–Kier alpha value is -2.95. The molecule has 0 aliphatic rings. The zero-order valence-corrected chi connectivity index (χ0v) is 14.0. The molecule has 2 aromatic carbocycles. The molecule has 0 fully saturated rings. The van der Waals surface area contributed by atoms with Gasteiger partial charge in [-0.3, -0.25) is 4.79 Å². The van der Waals surface area contributed by atoms with Crippen molar-refractivity contribution >= 4 is 17.3 Å². The molecule has 0 aliphatic heterocycles. The maximum atomic E-state index is 11.0. The van der Waals surface area contributed by atoms with Crippen molar-refractivity contribution in [3.63, 3.8) is 0 Å². The van der Waals surface area contributed by atoms with Crippen molar-refractivity contribution in [2.45, 2.75) is 13.8 Å². The molecule has 0 saturated heterocycles. The summed E-state index contributed by atoms with van der Waals surface area (Å²) in [7, 11) is 0. The number of carbonyl (C=O) groups excluding carboxylic acids is 1. The van der Waals surface area contributed by atoms with Gasteiger partial charge >= 0.3 is 0 Å². The topological polar surface area (TPSA) is 59.6 Å². The third-order valence-electron chi connectivity index (χ3n) is 3.01. The predicted octanol–water partition coefficient (Wildman–Crippen LogP) is 4.05. The lowest BCUT2D eigenvalue weighted by molar-refractivity contribution is -0.114. The number of amides is 1. The van der Waals surface area contributed by atoms with Gasteiger partial charge in [0.05, 0.1) is 0 Å². The molecule has 0 radical (unpaired) electrons. The van der Waals surface area contributed by atoms with Crippen molar-refractivity contribution in [1.82, 2.24) is 0 Å². The van der Waals surface area contributed by atoms with Gasteiger partial charge in [-0.1, -0.05) is 6.58 Å². The summed E-state index contributed by atoms with van der Waals surface area (Å²) in [4.78, 5) is 11.0. The molecule has 0 unspecified atom stereocenters. The van der Waals surface area contributed by atoms with Crippen molar-refractivity contribution in [3.8, 4) is 11.5 Å². The van der Waals surface area contributed by atoms with Gasteiger partial charge in [0.1, 0.15) is 24.7 Å². The molecular weight excluding hydrogens is 304 g/mol. The first kappa shape index (κ1) is 17.4. The highest BCUT2D eigenvalue weighted by Crippen LogP contribution is 2.18. The summed E-state index contributed by atoms with van der Waals surface area (Å²) in [5.74, 6) is 1.42. The number of ether oxygens (including phenoxy) is 2. The van der Waals surface area contributed by atoms with Crippen molar-refractivity contribution < 1.29 is 14.3 Å². The van der Waals surface area contributed by atoms with E-state index in [0.29, 0.717) is 13.2 Å². The Morgan fingerprint density at radius 3 is 1.62 bits per heavy atom. The summed E-state index contributed by atoms with van der Waals surface area (Å²) >= 11 is 0. The Balaban J connectivity index is 1.72. The number of hydrogen-bond acceptors (Lipinski definition) is 4. The zero-order valence-electron chi connectivity index (χ0n) is 14.0. The van der Waals surface area contributed by atoms with Crippen LogP contribution in [0.2, 0.25) is 0 Å². The lowest BCUT2D eigenvalue weighted by Gasteiger charge is -2.10. The average Bonchev–Trinajstić information content (AvgIpc) is 2.53. The van der Waals surface area contributed by atoms with Gasteiger partial charge < -0.3 is 20.1 Å². The monoisotopic (exact) mass is 326 g/mol. The molecular formula is C19H22N2O3. The predicted molar refractivity (Wildman–Crippen MR) is 96.6 cm³/mol. The lowest BCUT2D eigenvalue weighted by Crippen LogP contribution is -2.09. The van der Waals surface area contributed by atoms with Crippen LogP contribution < -0.4 is 20.1 Å². The zero-order chi connectivity index (χ0) is 17.4. The van der Waals surface area contributed by atoms with Gasteiger partial charge in [-0.25, -0.2) is 0 Å². The Labute approximate surface area is 142 Å². The largest absolute Gasteiger partial charge is 0.490 e. The second kappa shape index (κ2) is 8.62. The minimum Gasteiger partial charge on any atom is -0.490 e. The van der Waals surface area contributed by atoms with Crippen LogP contribution in [0.25, 0.3) is 0 Å². The molecule has 2 N–H and O–H groups in total. The van der Waals surface area contributed by atoms with Crippen LogP contribution in [-0.2, 0) is 4.79 Å². The third-order valence-corrected chi connectivity index (χ3v) is 3.01. The standard InChI is InChI=1S/C19H22N2O3/c1-14(2)20-16-4-8-18(9-5-16)23-12-13-24-19-10-6-17(7-11-19)21-15(3)22/h4-11,20H,1,12-13H2,2-3H3,(H,21,22). The minimum atomic E-state index is -0.0958. The normalized spacial score (nSPS) is 9.92. The van der Waals surface area contributed by atoms with E-state index >= 15 is 0 Å². The molecule has 0 bridgehead atoms. The van der Waals surface area contributed by atoms with E-state index in [4.69, 9.17) is 9.47 Å². The van der Waals surface area contributed by atoms with E-state index in [2.05, 4.69) is 17.2 Å². The number of nitrogens with one attached hydrogen (secondary N) is 2. The van der Waals surface area contributed by atoms with Crippen LogP contribution >= 0.6 is 0 Å². The van der Waals surface area contributed by atoms with Crippen molar-refractivity contribution in [2.24, 2.45) is 0 Å². The first-order chi connectivity index (χ1) is 11.5. The SMILES string of the molecule is C=C(C)Nc1ccc(OCCOc2ccc(NC(C)=O)cc2)cc1. The molecule has 2 rings (SSSR count). The number of anilines is 2. The quantitative estimate of drug-likeness (QED) is 0.719. The van der Waals surface area contributed by atoms with Gasteiger partial charge in [0, 0.05) is 24.0 Å². The van der Waals surface area contributed by atoms with Crippen LogP contribution in [0.4, 0.5) is 11.4 Å². The molecule has 2 aromatic rings. The van der Waals surface area contributed by atoms with Crippen LogP contribution in [0.1, 0.15) is 13.8 Å². The molecule has 24 heavy (non-hydrogen) atoms. The van der Waals surface area contributed by atoms with E-state index in [0.717, 1.165) is 28.6 Å². The fourth-order valence-electron chi connectivity index (χ4n) is 2.04. The van der Waals surface area contributed by atoms with Crippen LogP contribution in [-0.4, -0.2) is 19.1 Å². The highest BCUT2D eigenvalue weighted by Gasteiger charge is 1.99. The Morgan fingerprint density at radius 1 is 0.833 bits per heavy atom. The lowest BCUT2D eigenvalue weighted by atomic mass is 10.3. The summed E-state index contributed by atoms with van der Waals surface area (Å²) in [5.41, 5.74) is 2.61.